The first-order valence-electron chi connectivity index (χ1n) is 2.93. The van der Waals surface area contributed by atoms with Crippen LogP contribution in [-0.2, 0) is 0 Å². The summed E-state index contributed by atoms with van der Waals surface area (Å²) in [6.07, 6.45) is 0. The molecular weight excluding hydrogens is 146 g/mol. The molecule has 0 aromatic heterocycles. The zero-order valence-electron chi connectivity index (χ0n) is 5.65. The van der Waals surface area contributed by atoms with Gasteiger partial charge < -0.3 is 4.84 Å². The minimum Gasteiger partial charge on any atom is -0.392 e. The topological polar surface area (TPSA) is 76.7 Å². The highest BCUT2D eigenvalue weighted by atomic mass is 16.7. The van der Waals surface area contributed by atoms with E-state index in [0.29, 0.717) is 5.75 Å². The van der Waals surface area contributed by atoms with Gasteiger partial charge in [0.25, 0.3) is 0 Å². The van der Waals surface area contributed by atoms with Gasteiger partial charge in [0.15, 0.2) is 11.4 Å². The van der Waals surface area contributed by atoms with Crippen LogP contribution < -0.4 is 16.3 Å². The molecule has 5 nitrogen and oxygen atoms in total. The summed E-state index contributed by atoms with van der Waals surface area (Å²) < 4.78 is 0. The van der Waals surface area contributed by atoms with Crippen LogP contribution in [-0.4, -0.2) is 0 Å². The number of rotatable bonds is 3. The normalized spacial score (nSPS) is 9.18. The van der Waals surface area contributed by atoms with E-state index in [0.717, 1.165) is 0 Å². The van der Waals surface area contributed by atoms with Gasteiger partial charge in [-0.3, -0.25) is 0 Å². The first kappa shape index (κ1) is 7.64. The lowest BCUT2D eigenvalue weighted by Crippen LogP contribution is -2.25. The van der Waals surface area contributed by atoms with E-state index in [4.69, 9.17) is 5.84 Å². The molecular formula is C6H7N3O2. The first-order chi connectivity index (χ1) is 5.38. The predicted molar refractivity (Wildman–Crippen MR) is 39.8 cm³/mol. The van der Waals surface area contributed by atoms with Crippen molar-refractivity contribution in [2.75, 3.05) is 0 Å². The van der Waals surface area contributed by atoms with Crippen molar-refractivity contribution in [3.63, 3.8) is 0 Å². The van der Waals surface area contributed by atoms with Crippen LogP contribution in [0.2, 0.25) is 0 Å². The lowest BCUT2D eigenvalue weighted by Gasteiger charge is -2.01. The summed E-state index contributed by atoms with van der Waals surface area (Å²) >= 11 is 0. The van der Waals surface area contributed by atoms with E-state index in [2.05, 4.69) is 10.0 Å². The fourth-order valence-electron chi connectivity index (χ4n) is 0.682. The number of nitrogens with zero attached hydrogens (tertiary/aromatic N) is 1. The lowest BCUT2D eigenvalue weighted by molar-refractivity contribution is 0.200. The SMILES string of the molecule is NNOc1ccccc1N=O. The van der Waals surface area contributed by atoms with Crippen LogP contribution in [0, 0.1) is 4.91 Å². The minimum absolute atomic E-state index is 0.213. The second kappa shape index (κ2) is 3.65. The molecule has 0 aliphatic carbocycles. The molecule has 0 aliphatic rings. The van der Waals surface area contributed by atoms with E-state index < -0.39 is 0 Å². The van der Waals surface area contributed by atoms with Crippen molar-refractivity contribution in [1.29, 1.82) is 0 Å². The van der Waals surface area contributed by atoms with Gasteiger partial charge in [0.1, 0.15) is 0 Å². The van der Waals surface area contributed by atoms with Crippen molar-refractivity contribution < 1.29 is 4.84 Å². The molecule has 0 amide bonds. The Balaban J connectivity index is 2.92. The zero-order chi connectivity index (χ0) is 8.10. The molecule has 0 heterocycles. The van der Waals surface area contributed by atoms with Gasteiger partial charge in [0.05, 0.1) is 0 Å². The molecule has 58 valence electrons. The number of hydrogen-bond donors (Lipinski definition) is 2. The summed E-state index contributed by atoms with van der Waals surface area (Å²) in [5.74, 6) is 5.18. The fraction of sp³-hybridized carbons (Fsp3) is 0. The predicted octanol–water partition coefficient (Wildman–Crippen LogP) is 0.842. The Morgan fingerprint density at radius 3 is 2.82 bits per heavy atom. The van der Waals surface area contributed by atoms with Crippen LogP contribution >= 0.6 is 0 Å². The third-order valence-electron chi connectivity index (χ3n) is 1.13. The highest BCUT2D eigenvalue weighted by Crippen LogP contribution is 2.24. The van der Waals surface area contributed by atoms with Crippen molar-refractivity contribution in [3.05, 3.63) is 29.2 Å². The van der Waals surface area contributed by atoms with Crippen molar-refractivity contribution in [3.8, 4) is 5.75 Å². The number of nitroso groups, excluding NO2 is 1. The quantitative estimate of drug-likeness (QED) is 0.383. The lowest BCUT2D eigenvalue weighted by atomic mass is 10.3. The molecule has 0 atom stereocenters. The Kier molecular flexibility index (Phi) is 2.53. The number of para-hydroxylation sites is 1. The molecule has 0 fully saturated rings. The summed E-state index contributed by atoms with van der Waals surface area (Å²) in [5.41, 5.74) is 2.17. The van der Waals surface area contributed by atoms with Gasteiger partial charge in [-0.1, -0.05) is 17.7 Å². The molecule has 0 aliphatic heterocycles. The van der Waals surface area contributed by atoms with Crippen LogP contribution in [0.1, 0.15) is 0 Å². The smallest absolute Gasteiger partial charge is 0.178 e. The standard InChI is InChI=1S/C6H7N3O2/c7-9-11-6-4-2-1-3-5(6)8-10/h1-4,9H,7H2. The molecule has 0 spiro atoms. The monoisotopic (exact) mass is 153 g/mol. The third kappa shape index (κ3) is 1.73. The maximum absolute atomic E-state index is 10.1. The molecule has 11 heavy (non-hydrogen) atoms. The van der Waals surface area contributed by atoms with Crippen molar-refractivity contribution in [1.82, 2.24) is 5.59 Å². The molecule has 0 unspecified atom stereocenters. The van der Waals surface area contributed by atoms with Gasteiger partial charge in [-0.05, 0) is 17.3 Å². The van der Waals surface area contributed by atoms with Crippen LogP contribution in [0.25, 0.3) is 0 Å². The van der Waals surface area contributed by atoms with Gasteiger partial charge in [-0.25, -0.2) is 5.84 Å². The van der Waals surface area contributed by atoms with Crippen LogP contribution in [0.3, 0.4) is 0 Å². The molecule has 0 bridgehead atoms. The molecule has 0 saturated carbocycles. The Labute approximate surface area is 63.1 Å². The van der Waals surface area contributed by atoms with Gasteiger partial charge in [-0.2, -0.15) is 0 Å². The van der Waals surface area contributed by atoms with E-state index in [1.807, 2.05) is 5.59 Å². The Hall–Kier alpha value is -1.46. The van der Waals surface area contributed by atoms with Crippen LogP contribution in [0.5, 0.6) is 5.75 Å². The Morgan fingerprint density at radius 2 is 2.18 bits per heavy atom. The summed E-state index contributed by atoms with van der Waals surface area (Å²) in [4.78, 5) is 14.8. The summed E-state index contributed by atoms with van der Waals surface area (Å²) in [7, 11) is 0. The van der Waals surface area contributed by atoms with E-state index >= 15 is 0 Å². The number of hydrazine groups is 1. The Bertz CT molecular complexity index is 251. The van der Waals surface area contributed by atoms with E-state index in [9.17, 15) is 4.91 Å². The number of benzene rings is 1. The van der Waals surface area contributed by atoms with E-state index in [1.165, 1.54) is 6.07 Å². The van der Waals surface area contributed by atoms with Crippen LogP contribution in [0.4, 0.5) is 5.69 Å². The van der Waals surface area contributed by atoms with Gasteiger partial charge in [-0.15, -0.1) is 4.91 Å². The number of nitrogens with two attached hydrogens (primary N) is 1. The highest BCUT2D eigenvalue weighted by Gasteiger charge is 2.00. The number of hydrogen-bond acceptors (Lipinski definition) is 5. The molecule has 1 rings (SSSR count). The minimum atomic E-state index is 0.213. The molecule has 1 aromatic rings. The zero-order valence-corrected chi connectivity index (χ0v) is 5.65. The Morgan fingerprint density at radius 1 is 1.45 bits per heavy atom. The van der Waals surface area contributed by atoms with Crippen molar-refractivity contribution >= 4 is 5.69 Å². The largest absolute Gasteiger partial charge is 0.392 e. The van der Waals surface area contributed by atoms with Crippen LogP contribution in [0.15, 0.2) is 29.4 Å². The fourth-order valence-corrected chi connectivity index (χ4v) is 0.682. The second-order valence-corrected chi connectivity index (χ2v) is 1.78. The summed E-state index contributed by atoms with van der Waals surface area (Å²) in [6.45, 7) is 0. The van der Waals surface area contributed by atoms with E-state index in [1.54, 1.807) is 18.2 Å². The first-order valence-corrected chi connectivity index (χ1v) is 2.93. The molecule has 5 heteroatoms. The maximum atomic E-state index is 10.1. The maximum Gasteiger partial charge on any atom is 0.178 e. The van der Waals surface area contributed by atoms with Crippen molar-refractivity contribution in [2.45, 2.75) is 0 Å². The molecule has 1 aromatic carbocycles. The molecule has 3 N–H and O–H groups in total. The van der Waals surface area contributed by atoms with Gasteiger partial charge in [0, 0.05) is 0 Å². The molecule has 0 radical (unpaired) electrons. The number of nitrogens with one attached hydrogen (secondary N) is 1. The van der Waals surface area contributed by atoms with Crippen molar-refractivity contribution in [2.24, 2.45) is 11.0 Å². The van der Waals surface area contributed by atoms with Gasteiger partial charge in [0.2, 0.25) is 0 Å². The summed E-state index contributed by atoms with van der Waals surface area (Å²) in [6, 6.07) is 6.50. The average Bonchev–Trinajstić information content (AvgIpc) is 2.06. The molecule has 0 saturated heterocycles. The second-order valence-electron chi connectivity index (χ2n) is 1.78. The highest BCUT2D eigenvalue weighted by molar-refractivity contribution is 5.50. The third-order valence-corrected chi connectivity index (χ3v) is 1.13. The van der Waals surface area contributed by atoms with E-state index in [-0.39, 0.29) is 5.69 Å². The average molecular weight is 153 g/mol. The van der Waals surface area contributed by atoms with Gasteiger partial charge >= 0.3 is 0 Å². The summed E-state index contributed by atoms with van der Waals surface area (Å²) in [5, 5.41) is 2.72.